The molecule has 0 aliphatic carbocycles. The van der Waals surface area contributed by atoms with Gasteiger partial charge in [0.2, 0.25) is 0 Å². The van der Waals surface area contributed by atoms with Crippen LogP contribution in [0.5, 0.6) is 0 Å². The van der Waals surface area contributed by atoms with Gasteiger partial charge in [-0.15, -0.1) is 11.8 Å². The van der Waals surface area contributed by atoms with Gasteiger partial charge in [-0.2, -0.15) is 13.2 Å². The first-order chi connectivity index (χ1) is 15.2. The number of hydrogen-bond acceptors (Lipinski definition) is 4. The molecule has 5 nitrogen and oxygen atoms in total. The normalized spacial score (nSPS) is 11.7. The Morgan fingerprint density at radius 2 is 1.97 bits per heavy atom. The highest BCUT2D eigenvalue weighted by Crippen LogP contribution is 2.34. The van der Waals surface area contributed by atoms with E-state index in [0.717, 1.165) is 35.9 Å². The van der Waals surface area contributed by atoms with Crippen LogP contribution in [0.1, 0.15) is 17.5 Å². The van der Waals surface area contributed by atoms with Crippen LogP contribution >= 0.6 is 11.8 Å². The number of thioether (sulfide) groups is 1. The first-order valence-electron chi connectivity index (χ1n) is 10.1. The number of halogens is 3. The molecule has 0 radical (unpaired) electrons. The van der Waals surface area contributed by atoms with Gasteiger partial charge in [0.15, 0.2) is 0 Å². The average Bonchev–Trinajstić information content (AvgIpc) is 2.75. The van der Waals surface area contributed by atoms with Crippen LogP contribution in [0.3, 0.4) is 0 Å². The first kappa shape index (κ1) is 23.9. The van der Waals surface area contributed by atoms with E-state index in [4.69, 9.17) is 0 Å². The number of rotatable bonds is 8. The summed E-state index contributed by atoms with van der Waals surface area (Å²) in [5.41, 5.74) is 0.586. The summed E-state index contributed by atoms with van der Waals surface area (Å²) >= 11 is 1.37. The fraction of sp³-hybridized carbons (Fsp3) is 0.304. The van der Waals surface area contributed by atoms with E-state index in [1.165, 1.54) is 17.8 Å². The van der Waals surface area contributed by atoms with Gasteiger partial charge in [-0.25, -0.2) is 4.79 Å². The second-order valence-electron chi connectivity index (χ2n) is 7.54. The number of amides is 2. The maximum Gasteiger partial charge on any atom is 0.416 e. The Morgan fingerprint density at radius 1 is 1.16 bits per heavy atom. The van der Waals surface area contributed by atoms with Gasteiger partial charge >= 0.3 is 12.2 Å². The molecular formula is C23H25F3N4OS. The molecule has 0 saturated carbocycles. The molecule has 2 aromatic carbocycles. The molecule has 0 bridgehead atoms. The van der Waals surface area contributed by atoms with Crippen molar-refractivity contribution in [3.05, 3.63) is 66.0 Å². The monoisotopic (exact) mass is 462 g/mol. The first-order valence-corrected chi connectivity index (χ1v) is 11.1. The van der Waals surface area contributed by atoms with Gasteiger partial charge in [-0.1, -0.05) is 18.2 Å². The van der Waals surface area contributed by atoms with Gasteiger partial charge in [-0.05, 0) is 62.6 Å². The van der Waals surface area contributed by atoms with Gasteiger partial charge in [0.05, 0.1) is 11.3 Å². The van der Waals surface area contributed by atoms with Crippen LogP contribution in [0.2, 0.25) is 0 Å². The Kier molecular flexibility index (Phi) is 7.98. The molecule has 1 heterocycles. The molecule has 32 heavy (non-hydrogen) atoms. The van der Waals surface area contributed by atoms with Crippen molar-refractivity contribution in [3.8, 4) is 0 Å². The molecule has 170 valence electrons. The third kappa shape index (κ3) is 6.61. The number of carbonyl (C=O) groups is 1. The lowest BCUT2D eigenvalue weighted by molar-refractivity contribution is -0.137. The van der Waals surface area contributed by atoms with E-state index in [1.54, 1.807) is 18.5 Å². The maximum absolute atomic E-state index is 13.2. The van der Waals surface area contributed by atoms with Crippen LogP contribution in [0.15, 0.2) is 59.8 Å². The summed E-state index contributed by atoms with van der Waals surface area (Å²) in [5, 5.41) is 7.30. The molecule has 0 aliphatic rings. The number of carbonyl (C=O) groups excluding carboxylic acids is 1. The molecular weight excluding hydrogens is 437 g/mol. The summed E-state index contributed by atoms with van der Waals surface area (Å²) in [5.74, 6) is 0.683. The minimum Gasteiger partial charge on any atom is -0.334 e. The average molecular weight is 463 g/mol. The molecule has 2 amide bonds. The molecule has 0 aliphatic heterocycles. The van der Waals surface area contributed by atoms with E-state index in [2.05, 4.69) is 15.6 Å². The van der Waals surface area contributed by atoms with Crippen LogP contribution in [0.25, 0.3) is 10.8 Å². The van der Waals surface area contributed by atoms with E-state index in [-0.39, 0.29) is 6.54 Å². The quantitative estimate of drug-likeness (QED) is 0.337. The smallest absolute Gasteiger partial charge is 0.334 e. The van der Waals surface area contributed by atoms with Crippen molar-refractivity contribution in [2.75, 3.05) is 31.7 Å². The van der Waals surface area contributed by atoms with Crippen molar-refractivity contribution in [2.45, 2.75) is 24.0 Å². The van der Waals surface area contributed by atoms with Gasteiger partial charge < -0.3 is 15.5 Å². The Bertz CT molecular complexity index is 1070. The molecule has 0 unspecified atom stereocenters. The number of fused-ring (bicyclic) bond motifs is 1. The zero-order valence-corrected chi connectivity index (χ0v) is 18.7. The minimum atomic E-state index is -4.41. The number of benzene rings is 2. The molecule has 0 spiro atoms. The topological polar surface area (TPSA) is 57.3 Å². The predicted octanol–water partition coefficient (Wildman–Crippen LogP) is 5.62. The SMILES string of the molecule is CN(C)CCCSc1cc(C(F)(F)F)ccc1CNC(=O)Nc1cccc2cnccc12. The summed E-state index contributed by atoms with van der Waals surface area (Å²) in [7, 11) is 3.91. The molecule has 3 rings (SSSR count). The number of nitrogens with zero attached hydrogens (tertiary/aromatic N) is 2. The third-order valence-electron chi connectivity index (χ3n) is 4.77. The summed E-state index contributed by atoms with van der Waals surface area (Å²) in [6.07, 6.45) is -0.212. The molecule has 0 atom stereocenters. The lowest BCUT2D eigenvalue weighted by atomic mass is 10.1. The van der Waals surface area contributed by atoms with E-state index in [1.807, 2.05) is 37.2 Å². The van der Waals surface area contributed by atoms with Crippen molar-refractivity contribution in [2.24, 2.45) is 0 Å². The van der Waals surface area contributed by atoms with Crippen LogP contribution in [-0.2, 0) is 12.7 Å². The number of anilines is 1. The third-order valence-corrected chi connectivity index (χ3v) is 5.95. The highest BCUT2D eigenvalue weighted by Gasteiger charge is 2.31. The number of alkyl halides is 3. The van der Waals surface area contributed by atoms with Gasteiger partial charge in [0.1, 0.15) is 0 Å². The van der Waals surface area contributed by atoms with Crippen LogP contribution < -0.4 is 10.6 Å². The lowest BCUT2D eigenvalue weighted by Gasteiger charge is -2.15. The summed E-state index contributed by atoms with van der Waals surface area (Å²) in [4.78, 5) is 19.1. The molecule has 0 fully saturated rings. The van der Waals surface area contributed by atoms with Crippen molar-refractivity contribution in [1.82, 2.24) is 15.2 Å². The van der Waals surface area contributed by atoms with Crippen LogP contribution in [0, 0.1) is 0 Å². The number of urea groups is 1. The van der Waals surface area contributed by atoms with Crippen LogP contribution in [0.4, 0.5) is 23.7 Å². The van der Waals surface area contributed by atoms with Gasteiger partial charge in [0.25, 0.3) is 0 Å². The fourth-order valence-electron chi connectivity index (χ4n) is 3.15. The number of aromatic nitrogens is 1. The Hall–Kier alpha value is -2.78. The molecule has 3 aromatic rings. The summed E-state index contributed by atoms with van der Waals surface area (Å²) in [6.45, 7) is 0.967. The van der Waals surface area contributed by atoms with Crippen molar-refractivity contribution < 1.29 is 18.0 Å². The second kappa shape index (κ2) is 10.7. The zero-order valence-electron chi connectivity index (χ0n) is 17.9. The minimum absolute atomic E-state index is 0.117. The second-order valence-corrected chi connectivity index (χ2v) is 8.67. The number of hydrogen-bond donors (Lipinski definition) is 2. The zero-order chi connectivity index (χ0) is 23.1. The largest absolute Gasteiger partial charge is 0.416 e. The van der Waals surface area contributed by atoms with Crippen molar-refractivity contribution >= 4 is 34.3 Å². The van der Waals surface area contributed by atoms with Gasteiger partial charge in [0, 0.05) is 34.6 Å². The van der Waals surface area contributed by atoms with Crippen molar-refractivity contribution in [3.63, 3.8) is 0 Å². The summed E-state index contributed by atoms with van der Waals surface area (Å²) in [6, 6.07) is 10.5. The van der Waals surface area contributed by atoms with E-state index >= 15 is 0 Å². The maximum atomic E-state index is 13.2. The molecule has 0 saturated heterocycles. The van der Waals surface area contributed by atoms with Gasteiger partial charge in [-0.3, -0.25) is 4.98 Å². The number of nitrogens with one attached hydrogen (secondary N) is 2. The lowest BCUT2D eigenvalue weighted by Crippen LogP contribution is -2.28. The standard InChI is InChI=1S/C23H25F3N4OS/c1-30(2)11-4-12-32-21-13-18(23(24,25)26)8-7-17(21)15-28-22(31)29-20-6-3-5-16-14-27-10-9-19(16)20/h3,5-10,13-14H,4,11-12,15H2,1-2H3,(H2,28,29,31). The van der Waals surface area contributed by atoms with E-state index in [9.17, 15) is 18.0 Å². The Labute approximate surface area is 189 Å². The molecule has 9 heteroatoms. The van der Waals surface area contributed by atoms with E-state index < -0.39 is 17.8 Å². The summed E-state index contributed by atoms with van der Waals surface area (Å²) < 4.78 is 39.5. The Morgan fingerprint density at radius 3 is 2.72 bits per heavy atom. The number of pyridine rings is 1. The highest BCUT2D eigenvalue weighted by atomic mass is 32.2. The van der Waals surface area contributed by atoms with E-state index in [0.29, 0.717) is 21.9 Å². The molecule has 2 N–H and O–H groups in total. The predicted molar refractivity (Wildman–Crippen MR) is 123 cm³/mol. The fourth-order valence-corrected chi connectivity index (χ4v) is 4.18. The van der Waals surface area contributed by atoms with Crippen molar-refractivity contribution in [1.29, 1.82) is 0 Å². The highest BCUT2D eigenvalue weighted by molar-refractivity contribution is 7.99. The Balaban J connectivity index is 1.68. The molecule has 1 aromatic heterocycles. The van der Waals surface area contributed by atoms with Crippen LogP contribution in [-0.4, -0.2) is 42.3 Å².